The molecular weight excluding hydrogens is 424 g/mol. The van der Waals surface area contributed by atoms with Gasteiger partial charge in [-0.05, 0) is 86.0 Å². The lowest BCUT2D eigenvalue weighted by atomic mass is 10.1. The summed E-state index contributed by atoms with van der Waals surface area (Å²) < 4.78 is 33.7. The second-order valence-electron chi connectivity index (χ2n) is 7.69. The Balaban J connectivity index is 1.67. The van der Waals surface area contributed by atoms with Gasteiger partial charge in [-0.15, -0.1) is 0 Å². The van der Waals surface area contributed by atoms with Crippen molar-refractivity contribution in [2.75, 3.05) is 16.6 Å². The average molecular weight is 453 g/mol. The monoisotopic (exact) mass is 452 g/mol. The molecule has 3 rings (SSSR count). The molecule has 0 aliphatic heterocycles. The van der Waals surface area contributed by atoms with Crippen LogP contribution < -0.4 is 14.8 Å². The van der Waals surface area contributed by atoms with Gasteiger partial charge in [0.2, 0.25) is 0 Å². The number of unbranched alkanes of at least 4 members (excludes halogenated alkanes) is 1. The summed E-state index contributed by atoms with van der Waals surface area (Å²) in [6, 6.07) is 18.6. The Kier molecular flexibility index (Phi) is 7.53. The smallest absolute Gasteiger partial charge is 0.261 e. The number of anilines is 2. The summed E-state index contributed by atoms with van der Waals surface area (Å²) in [4.78, 5) is 12.7. The zero-order valence-corrected chi connectivity index (χ0v) is 19.3. The van der Waals surface area contributed by atoms with Crippen LogP contribution in [0.2, 0.25) is 0 Å². The summed E-state index contributed by atoms with van der Waals surface area (Å²) in [5.74, 6) is 0.347. The highest BCUT2D eigenvalue weighted by molar-refractivity contribution is 7.92. The van der Waals surface area contributed by atoms with E-state index in [0.29, 0.717) is 29.3 Å². The molecule has 0 spiro atoms. The Labute approximate surface area is 189 Å². The fraction of sp³-hybridized carbons (Fsp3) is 0.240. The van der Waals surface area contributed by atoms with Gasteiger partial charge in [0.25, 0.3) is 15.9 Å². The summed E-state index contributed by atoms with van der Waals surface area (Å²) in [6.45, 7) is 6.52. The predicted octanol–water partition coefficient (Wildman–Crippen LogP) is 5.54. The van der Waals surface area contributed by atoms with Crippen molar-refractivity contribution in [3.8, 4) is 5.75 Å². The molecule has 0 fully saturated rings. The van der Waals surface area contributed by atoms with Crippen LogP contribution in [-0.4, -0.2) is 20.9 Å². The lowest BCUT2D eigenvalue weighted by Gasteiger charge is -2.11. The van der Waals surface area contributed by atoms with Crippen LogP contribution in [0.25, 0.3) is 0 Å². The molecule has 0 atom stereocenters. The summed E-state index contributed by atoms with van der Waals surface area (Å²) in [6.07, 6.45) is 1.98. The van der Waals surface area contributed by atoms with Gasteiger partial charge < -0.3 is 10.1 Å². The number of nitrogens with one attached hydrogen (secondary N) is 2. The second kappa shape index (κ2) is 10.3. The van der Waals surface area contributed by atoms with E-state index < -0.39 is 10.0 Å². The number of amides is 1. The van der Waals surface area contributed by atoms with E-state index in [0.717, 1.165) is 24.0 Å². The molecule has 0 radical (unpaired) electrons. The molecule has 3 aromatic carbocycles. The van der Waals surface area contributed by atoms with E-state index in [1.165, 1.54) is 12.1 Å². The van der Waals surface area contributed by atoms with Gasteiger partial charge in [-0.25, -0.2) is 8.42 Å². The van der Waals surface area contributed by atoms with E-state index in [1.807, 2.05) is 26.0 Å². The first-order valence-corrected chi connectivity index (χ1v) is 12.0. The minimum Gasteiger partial charge on any atom is -0.494 e. The fourth-order valence-corrected chi connectivity index (χ4v) is 4.27. The van der Waals surface area contributed by atoms with Crippen molar-refractivity contribution in [2.45, 2.75) is 38.5 Å². The van der Waals surface area contributed by atoms with Crippen molar-refractivity contribution >= 4 is 27.3 Å². The first-order valence-electron chi connectivity index (χ1n) is 10.5. The van der Waals surface area contributed by atoms with Gasteiger partial charge in [-0.1, -0.05) is 25.5 Å². The Hall–Kier alpha value is -3.32. The number of aryl methyl sites for hydroxylation is 2. The van der Waals surface area contributed by atoms with Gasteiger partial charge in [0.15, 0.2) is 0 Å². The van der Waals surface area contributed by atoms with Crippen molar-refractivity contribution < 1.29 is 17.9 Å². The third-order valence-corrected chi connectivity index (χ3v) is 6.16. The van der Waals surface area contributed by atoms with E-state index in [2.05, 4.69) is 17.0 Å². The van der Waals surface area contributed by atoms with Gasteiger partial charge >= 0.3 is 0 Å². The molecule has 2 N–H and O–H groups in total. The molecule has 1 amide bonds. The number of carbonyl (C=O) groups excluding carboxylic acids is 1. The van der Waals surface area contributed by atoms with Crippen LogP contribution in [0, 0.1) is 13.8 Å². The quantitative estimate of drug-likeness (QED) is 0.418. The highest BCUT2D eigenvalue weighted by atomic mass is 32.2. The van der Waals surface area contributed by atoms with E-state index in [-0.39, 0.29) is 10.8 Å². The summed E-state index contributed by atoms with van der Waals surface area (Å²) in [5.41, 5.74) is 3.42. The fourth-order valence-electron chi connectivity index (χ4n) is 3.23. The van der Waals surface area contributed by atoms with Crippen molar-refractivity contribution in [3.05, 3.63) is 83.4 Å². The van der Waals surface area contributed by atoms with Gasteiger partial charge in [-0.3, -0.25) is 9.52 Å². The largest absolute Gasteiger partial charge is 0.494 e. The number of rotatable bonds is 9. The van der Waals surface area contributed by atoms with Crippen LogP contribution in [0.3, 0.4) is 0 Å². The molecule has 7 heteroatoms. The molecule has 0 unspecified atom stereocenters. The SMILES string of the molecule is CCCCOc1cccc(C(=O)Nc2ccc(S(=O)(=O)Nc3cc(C)cc(C)c3)cc2)c1. The first kappa shape index (κ1) is 23.3. The minimum atomic E-state index is -3.74. The molecule has 32 heavy (non-hydrogen) atoms. The number of ether oxygens (including phenoxy) is 1. The molecule has 0 saturated carbocycles. The highest BCUT2D eigenvalue weighted by Gasteiger charge is 2.15. The van der Waals surface area contributed by atoms with Gasteiger partial charge in [-0.2, -0.15) is 0 Å². The van der Waals surface area contributed by atoms with Crippen molar-refractivity contribution in [3.63, 3.8) is 0 Å². The third kappa shape index (κ3) is 6.34. The van der Waals surface area contributed by atoms with Crippen LogP contribution in [0.1, 0.15) is 41.3 Å². The van der Waals surface area contributed by atoms with E-state index in [1.54, 1.807) is 42.5 Å². The van der Waals surface area contributed by atoms with E-state index >= 15 is 0 Å². The topological polar surface area (TPSA) is 84.5 Å². The van der Waals surface area contributed by atoms with Crippen LogP contribution in [0.4, 0.5) is 11.4 Å². The Morgan fingerprint density at radius 1 is 0.906 bits per heavy atom. The second-order valence-corrected chi connectivity index (χ2v) is 9.37. The van der Waals surface area contributed by atoms with Gasteiger partial charge in [0, 0.05) is 16.9 Å². The molecule has 0 bridgehead atoms. The zero-order chi connectivity index (χ0) is 23.1. The van der Waals surface area contributed by atoms with Crippen molar-refractivity contribution in [1.29, 1.82) is 0 Å². The molecule has 3 aromatic rings. The number of carbonyl (C=O) groups is 1. The van der Waals surface area contributed by atoms with Crippen molar-refractivity contribution in [2.24, 2.45) is 0 Å². The van der Waals surface area contributed by atoms with Crippen LogP contribution in [-0.2, 0) is 10.0 Å². The highest BCUT2D eigenvalue weighted by Crippen LogP contribution is 2.21. The number of sulfonamides is 1. The van der Waals surface area contributed by atoms with Crippen LogP contribution in [0.5, 0.6) is 5.75 Å². The maximum Gasteiger partial charge on any atom is 0.261 e. The zero-order valence-electron chi connectivity index (χ0n) is 18.5. The maximum atomic E-state index is 12.7. The number of benzene rings is 3. The normalized spacial score (nSPS) is 11.1. The maximum absolute atomic E-state index is 12.7. The third-order valence-electron chi connectivity index (χ3n) is 4.76. The molecular formula is C25H28N2O4S. The molecule has 6 nitrogen and oxygen atoms in total. The van der Waals surface area contributed by atoms with Crippen LogP contribution in [0.15, 0.2) is 71.6 Å². The lowest BCUT2D eigenvalue weighted by Crippen LogP contribution is -2.14. The molecule has 0 aliphatic rings. The average Bonchev–Trinajstić information content (AvgIpc) is 2.73. The Morgan fingerprint density at radius 2 is 1.59 bits per heavy atom. The number of hydrogen-bond acceptors (Lipinski definition) is 4. The Bertz CT molecular complexity index is 1170. The number of hydrogen-bond donors (Lipinski definition) is 2. The molecule has 0 aliphatic carbocycles. The van der Waals surface area contributed by atoms with Crippen LogP contribution >= 0.6 is 0 Å². The predicted molar refractivity (Wildman–Crippen MR) is 128 cm³/mol. The van der Waals surface area contributed by atoms with E-state index in [4.69, 9.17) is 4.74 Å². The minimum absolute atomic E-state index is 0.112. The summed E-state index contributed by atoms with van der Waals surface area (Å²) in [5, 5.41) is 2.79. The molecule has 168 valence electrons. The molecule has 0 aromatic heterocycles. The standard InChI is InChI=1S/C25H28N2O4S/c1-4-5-13-31-23-8-6-7-20(17-23)25(28)26-21-9-11-24(12-10-21)32(29,30)27-22-15-18(2)14-19(3)16-22/h6-12,14-17,27H,4-5,13H2,1-3H3,(H,26,28). The molecule has 0 saturated heterocycles. The Morgan fingerprint density at radius 3 is 2.25 bits per heavy atom. The van der Waals surface area contributed by atoms with Crippen molar-refractivity contribution in [1.82, 2.24) is 0 Å². The van der Waals surface area contributed by atoms with E-state index in [9.17, 15) is 13.2 Å². The summed E-state index contributed by atoms with van der Waals surface area (Å²) >= 11 is 0. The molecule has 0 heterocycles. The first-order chi connectivity index (χ1) is 15.3. The summed E-state index contributed by atoms with van der Waals surface area (Å²) in [7, 11) is -3.74. The lowest BCUT2D eigenvalue weighted by molar-refractivity contribution is 0.102. The van der Waals surface area contributed by atoms with Gasteiger partial charge in [0.1, 0.15) is 5.75 Å². The van der Waals surface area contributed by atoms with Gasteiger partial charge in [0.05, 0.1) is 11.5 Å².